The molecule has 0 aliphatic heterocycles. The highest BCUT2D eigenvalue weighted by molar-refractivity contribution is 6.00. The quantitative estimate of drug-likeness (QED) is 0.474. The Kier molecular flexibility index (Phi) is 4.93. The van der Waals surface area contributed by atoms with E-state index in [1.54, 1.807) is 12.2 Å². The van der Waals surface area contributed by atoms with E-state index in [1.165, 1.54) is 18.2 Å². The van der Waals surface area contributed by atoms with Crippen LogP contribution in [0.25, 0.3) is 0 Å². The molecule has 0 amide bonds. The second-order valence-corrected chi connectivity index (χ2v) is 3.77. The monoisotopic (exact) mass is 244 g/mol. The molecule has 1 aromatic rings. The van der Waals surface area contributed by atoms with Crippen LogP contribution in [0.15, 0.2) is 54.7 Å². The fraction of sp³-hybridized carbons (Fsp3) is 0.133. The summed E-state index contributed by atoms with van der Waals surface area (Å²) < 4.78 is 0. The van der Waals surface area contributed by atoms with Crippen LogP contribution in [0.3, 0.4) is 0 Å². The first-order valence-corrected chi connectivity index (χ1v) is 5.58. The minimum atomic E-state index is -0.265. The predicted octanol–water partition coefficient (Wildman–Crippen LogP) is 3.36. The van der Waals surface area contributed by atoms with Crippen LogP contribution in [0.2, 0.25) is 0 Å². The van der Waals surface area contributed by atoms with Gasteiger partial charge in [-0.15, -0.1) is 0 Å². The molecule has 0 aliphatic rings. The fourth-order valence-electron chi connectivity index (χ4n) is 1.45. The van der Waals surface area contributed by atoms with Crippen molar-refractivity contribution in [3.8, 4) is 11.5 Å². The Morgan fingerprint density at radius 2 is 2.11 bits per heavy atom. The summed E-state index contributed by atoms with van der Waals surface area (Å²) in [7, 11) is 0. The fourth-order valence-corrected chi connectivity index (χ4v) is 1.45. The molecule has 3 nitrogen and oxygen atoms in total. The maximum absolute atomic E-state index is 12.0. The van der Waals surface area contributed by atoms with Gasteiger partial charge in [0.2, 0.25) is 0 Å². The standard InChI is InChI=1S/C15H16O3/c1-3-5-6-11(4-2)9-15(18)13-10-12(16)7-8-14(13)17/h3-8,10,16-17H,2,9H2,1H3/b5-3-,11-6+. The largest absolute Gasteiger partial charge is 0.508 e. The van der Waals surface area contributed by atoms with Gasteiger partial charge < -0.3 is 10.2 Å². The zero-order valence-electron chi connectivity index (χ0n) is 10.3. The van der Waals surface area contributed by atoms with Gasteiger partial charge in [0.05, 0.1) is 5.56 Å². The summed E-state index contributed by atoms with van der Waals surface area (Å²) in [6.45, 7) is 5.51. The van der Waals surface area contributed by atoms with Crippen LogP contribution < -0.4 is 0 Å². The van der Waals surface area contributed by atoms with Crippen LogP contribution in [-0.4, -0.2) is 16.0 Å². The van der Waals surface area contributed by atoms with Gasteiger partial charge in [0.15, 0.2) is 5.78 Å². The highest BCUT2D eigenvalue weighted by Gasteiger charge is 2.12. The summed E-state index contributed by atoms with van der Waals surface area (Å²) >= 11 is 0. The number of carbonyl (C=O) groups excluding carboxylic acids is 1. The van der Waals surface area contributed by atoms with Crippen molar-refractivity contribution >= 4 is 5.78 Å². The molecular weight excluding hydrogens is 228 g/mol. The van der Waals surface area contributed by atoms with Gasteiger partial charge in [0.25, 0.3) is 0 Å². The minimum Gasteiger partial charge on any atom is -0.508 e. The predicted molar refractivity (Wildman–Crippen MR) is 71.8 cm³/mol. The molecule has 0 bridgehead atoms. The number of carbonyl (C=O) groups is 1. The molecule has 1 aromatic carbocycles. The SMILES string of the molecule is C=C/C(=C\C=C/C)CC(=O)c1cc(O)ccc1O. The van der Waals surface area contributed by atoms with E-state index in [-0.39, 0.29) is 29.3 Å². The topological polar surface area (TPSA) is 57.5 Å². The molecule has 2 N–H and O–H groups in total. The molecule has 0 spiro atoms. The van der Waals surface area contributed by atoms with Gasteiger partial charge in [0, 0.05) is 6.42 Å². The second kappa shape index (κ2) is 6.45. The average molecular weight is 244 g/mol. The lowest BCUT2D eigenvalue weighted by molar-refractivity contribution is 0.0991. The lowest BCUT2D eigenvalue weighted by Crippen LogP contribution is -2.00. The van der Waals surface area contributed by atoms with Gasteiger partial charge in [-0.2, -0.15) is 0 Å². The molecule has 0 aromatic heterocycles. The summed E-state index contributed by atoms with van der Waals surface area (Å²) in [6.07, 6.45) is 7.17. The Morgan fingerprint density at radius 3 is 2.72 bits per heavy atom. The number of phenolic OH excluding ortho intramolecular Hbond substituents is 2. The zero-order valence-corrected chi connectivity index (χ0v) is 10.3. The Labute approximate surface area is 106 Å². The van der Waals surface area contributed by atoms with E-state index in [2.05, 4.69) is 6.58 Å². The third-order valence-electron chi connectivity index (χ3n) is 2.41. The molecule has 18 heavy (non-hydrogen) atoms. The van der Waals surface area contributed by atoms with Crippen molar-refractivity contribution in [2.24, 2.45) is 0 Å². The van der Waals surface area contributed by atoms with E-state index >= 15 is 0 Å². The smallest absolute Gasteiger partial charge is 0.171 e. The number of allylic oxidation sites excluding steroid dienone is 5. The van der Waals surface area contributed by atoms with Gasteiger partial charge in [-0.1, -0.05) is 30.9 Å². The minimum absolute atomic E-state index is 0.0475. The Balaban J connectivity index is 2.94. The van der Waals surface area contributed by atoms with Crippen molar-refractivity contribution in [2.75, 3.05) is 0 Å². The molecule has 0 saturated heterocycles. The maximum atomic E-state index is 12.0. The van der Waals surface area contributed by atoms with Crippen molar-refractivity contribution in [3.05, 3.63) is 60.2 Å². The van der Waals surface area contributed by atoms with Gasteiger partial charge in [-0.05, 0) is 30.7 Å². The van der Waals surface area contributed by atoms with Crippen LogP contribution in [0.4, 0.5) is 0 Å². The Hall–Kier alpha value is -2.29. The maximum Gasteiger partial charge on any atom is 0.171 e. The van der Waals surface area contributed by atoms with Gasteiger partial charge >= 0.3 is 0 Å². The summed E-state index contributed by atoms with van der Waals surface area (Å²) in [5.41, 5.74) is 0.865. The van der Waals surface area contributed by atoms with Crippen LogP contribution >= 0.6 is 0 Å². The highest BCUT2D eigenvalue weighted by Crippen LogP contribution is 2.24. The van der Waals surface area contributed by atoms with Crippen molar-refractivity contribution in [3.63, 3.8) is 0 Å². The normalized spacial score (nSPS) is 11.7. The molecule has 3 heteroatoms. The van der Waals surface area contributed by atoms with Crippen molar-refractivity contribution in [1.82, 2.24) is 0 Å². The highest BCUT2D eigenvalue weighted by atomic mass is 16.3. The molecule has 1 rings (SSSR count). The number of hydrogen-bond acceptors (Lipinski definition) is 3. The molecule has 94 valence electrons. The number of hydrogen-bond donors (Lipinski definition) is 2. The van der Waals surface area contributed by atoms with E-state index < -0.39 is 0 Å². The lowest BCUT2D eigenvalue weighted by Gasteiger charge is -2.05. The molecule has 0 aliphatic carbocycles. The number of rotatable bonds is 5. The van der Waals surface area contributed by atoms with E-state index in [1.807, 2.05) is 19.1 Å². The van der Waals surface area contributed by atoms with Crippen molar-refractivity contribution in [1.29, 1.82) is 0 Å². The summed E-state index contributed by atoms with van der Waals surface area (Å²) in [5.74, 6) is -0.444. The Morgan fingerprint density at radius 1 is 1.39 bits per heavy atom. The van der Waals surface area contributed by atoms with Crippen LogP contribution in [0.5, 0.6) is 11.5 Å². The third-order valence-corrected chi connectivity index (χ3v) is 2.41. The van der Waals surface area contributed by atoms with Gasteiger partial charge in [0.1, 0.15) is 11.5 Å². The second-order valence-electron chi connectivity index (χ2n) is 3.77. The first kappa shape index (κ1) is 13.8. The zero-order chi connectivity index (χ0) is 13.5. The molecule has 0 fully saturated rings. The first-order valence-electron chi connectivity index (χ1n) is 5.58. The van der Waals surface area contributed by atoms with Crippen molar-refractivity contribution < 1.29 is 15.0 Å². The molecule has 0 atom stereocenters. The van der Waals surface area contributed by atoms with Crippen LogP contribution in [0, 0.1) is 0 Å². The van der Waals surface area contributed by atoms with E-state index in [0.717, 1.165) is 5.57 Å². The number of Topliss-reactive ketones (excluding diaryl/α,β-unsaturated/α-hetero) is 1. The molecular formula is C15H16O3. The Bertz CT molecular complexity index is 510. The molecule has 0 heterocycles. The van der Waals surface area contributed by atoms with Crippen LogP contribution in [-0.2, 0) is 0 Å². The summed E-state index contributed by atoms with van der Waals surface area (Å²) in [5, 5.41) is 18.9. The number of phenols is 2. The average Bonchev–Trinajstić information content (AvgIpc) is 2.37. The van der Waals surface area contributed by atoms with E-state index in [9.17, 15) is 15.0 Å². The van der Waals surface area contributed by atoms with E-state index in [0.29, 0.717) is 0 Å². The number of aromatic hydroxyl groups is 2. The number of benzene rings is 1. The third kappa shape index (κ3) is 3.63. The van der Waals surface area contributed by atoms with E-state index in [4.69, 9.17) is 0 Å². The molecule has 0 radical (unpaired) electrons. The van der Waals surface area contributed by atoms with Crippen LogP contribution in [0.1, 0.15) is 23.7 Å². The van der Waals surface area contributed by atoms with Crippen molar-refractivity contribution in [2.45, 2.75) is 13.3 Å². The lowest BCUT2D eigenvalue weighted by atomic mass is 10.0. The summed E-state index contributed by atoms with van der Waals surface area (Å²) in [6, 6.07) is 3.88. The first-order chi connectivity index (χ1) is 8.58. The van der Waals surface area contributed by atoms with Gasteiger partial charge in [-0.3, -0.25) is 4.79 Å². The van der Waals surface area contributed by atoms with Gasteiger partial charge in [-0.25, -0.2) is 0 Å². The molecule has 0 saturated carbocycles. The summed E-state index contributed by atoms with van der Waals surface area (Å²) in [4.78, 5) is 12.0. The number of ketones is 1. The molecule has 0 unspecified atom stereocenters.